The smallest absolute Gasteiger partial charge is 0.338 e. The van der Waals surface area contributed by atoms with Crippen LogP contribution in [-0.2, 0) is 22.7 Å². The summed E-state index contributed by atoms with van der Waals surface area (Å²) < 4.78 is 10.3. The first-order chi connectivity index (χ1) is 15.0. The number of rotatable bonds is 10. The quantitative estimate of drug-likeness (QED) is 0.232. The molecule has 0 unspecified atom stereocenters. The van der Waals surface area contributed by atoms with Crippen LogP contribution >= 0.6 is 11.8 Å². The third-order valence-electron chi connectivity index (χ3n) is 4.59. The van der Waals surface area contributed by atoms with Crippen LogP contribution in [0.25, 0.3) is 0 Å². The van der Waals surface area contributed by atoms with Gasteiger partial charge in [-0.2, -0.15) is 4.98 Å². The van der Waals surface area contributed by atoms with Crippen LogP contribution in [0.3, 0.4) is 0 Å². The molecule has 0 radical (unpaired) electrons. The van der Waals surface area contributed by atoms with Crippen LogP contribution in [0.1, 0.15) is 34.5 Å². The average molecular weight is 449 g/mol. The summed E-state index contributed by atoms with van der Waals surface area (Å²) in [4.78, 5) is 38.4. The molecule has 0 spiro atoms. The van der Waals surface area contributed by atoms with E-state index in [0.717, 1.165) is 35.0 Å². The Morgan fingerprint density at radius 1 is 1.26 bits per heavy atom. The Bertz CT molecular complexity index is 896. The molecule has 0 aliphatic carbocycles. The lowest BCUT2D eigenvalue weighted by molar-refractivity contribution is -0.757. The number of methoxy groups -OCH3 is 1. The summed E-state index contributed by atoms with van der Waals surface area (Å²) in [6, 6.07) is 7.70. The van der Waals surface area contributed by atoms with Crippen molar-refractivity contribution in [3.05, 3.63) is 57.4 Å². The van der Waals surface area contributed by atoms with Crippen molar-refractivity contribution < 1.29 is 24.2 Å². The van der Waals surface area contributed by atoms with Crippen LogP contribution in [-0.4, -0.2) is 58.5 Å². The molecule has 0 N–H and O–H groups in total. The number of hydrogen-bond acceptors (Lipinski definition) is 10. The predicted molar refractivity (Wildman–Crippen MR) is 112 cm³/mol. The van der Waals surface area contributed by atoms with Crippen LogP contribution < -0.4 is 4.74 Å². The van der Waals surface area contributed by atoms with Gasteiger partial charge < -0.3 is 14.3 Å². The summed E-state index contributed by atoms with van der Waals surface area (Å²) >= 11 is 1.74. The van der Waals surface area contributed by atoms with Crippen molar-refractivity contribution in [3.8, 4) is 6.01 Å². The third-order valence-corrected chi connectivity index (χ3v) is 5.63. The molecule has 2 heterocycles. The largest absolute Gasteiger partial charge is 0.467 e. The standard InChI is InChI=1S/C20H24N4O6S/c1-28-20-21-12-18-17(22-20)14-23(8-11-31-18)13-15-4-6-16(7-5-15)19(25)29-9-2-3-10-30-24(26)27/h4-7,12H,2-3,8-11,13-14H2,1H3. The van der Waals surface area contributed by atoms with Crippen LogP contribution in [0.5, 0.6) is 6.01 Å². The van der Waals surface area contributed by atoms with E-state index in [2.05, 4.69) is 19.7 Å². The topological polar surface area (TPSA) is 117 Å². The van der Waals surface area contributed by atoms with E-state index in [9.17, 15) is 14.9 Å². The Balaban J connectivity index is 1.48. The maximum absolute atomic E-state index is 12.1. The molecule has 0 bridgehead atoms. The molecule has 1 aromatic carbocycles. The summed E-state index contributed by atoms with van der Waals surface area (Å²) in [5.74, 6) is 0.533. The summed E-state index contributed by atoms with van der Waals surface area (Å²) in [7, 11) is 1.56. The monoisotopic (exact) mass is 448 g/mol. The number of aromatic nitrogens is 2. The Morgan fingerprint density at radius 3 is 2.77 bits per heavy atom. The Kier molecular flexibility index (Phi) is 8.42. The van der Waals surface area contributed by atoms with Gasteiger partial charge in [0.2, 0.25) is 0 Å². The zero-order valence-corrected chi connectivity index (χ0v) is 18.0. The fourth-order valence-electron chi connectivity index (χ4n) is 3.03. The highest BCUT2D eigenvalue weighted by Gasteiger charge is 2.18. The van der Waals surface area contributed by atoms with Crippen molar-refractivity contribution in [3.63, 3.8) is 0 Å². The molecule has 11 heteroatoms. The molecule has 31 heavy (non-hydrogen) atoms. The van der Waals surface area contributed by atoms with E-state index >= 15 is 0 Å². The highest BCUT2D eigenvalue weighted by Crippen LogP contribution is 2.27. The number of fused-ring (bicyclic) bond motifs is 1. The lowest BCUT2D eigenvalue weighted by atomic mass is 10.1. The number of benzene rings is 1. The molecule has 10 nitrogen and oxygen atoms in total. The SMILES string of the molecule is COc1ncc2c(n1)CN(Cc1ccc(C(=O)OCCCCO[N+](=O)[O-])cc1)CCS2. The minimum Gasteiger partial charge on any atom is -0.467 e. The zero-order valence-electron chi connectivity index (χ0n) is 17.2. The van der Waals surface area contributed by atoms with E-state index in [1.165, 1.54) is 0 Å². The summed E-state index contributed by atoms with van der Waals surface area (Å²) in [5.41, 5.74) is 2.51. The minimum absolute atomic E-state index is 0.00244. The zero-order chi connectivity index (χ0) is 22.1. The van der Waals surface area contributed by atoms with Crippen molar-refractivity contribution >= 4 is 17.7 Å². The van der Waals surface area contributed by atoms with Gasteiger partial charge in [0.1, 0.15) is 0 Å². The van der Waals surface area contributed by atoms with Crippen LogP contribution in [0.15, 0.2) is 35.4 Å². The van der Waals surface area contributed by atoms with E-state index in [0.29, 0.717) is 31.0 Å². The summed E-state index contributed by atoms with van der Waals surface area (Å²) in [6.07, 6.45) is 2.76. The van der Waals surface area contributed by atoms with E-state index in [1.54, 1.807) is 31.0 Å². The van der Waals surface area contributed by atoms with E-state index in [4.69, 9.17) is 9.47 Å². The molecule has 1 aliphatic rings. The van der Waals surface area contributed by atoms with Gasteiger partial charge >= 0.3 is 12.0 Å². The van der Waals surface area contributed by atoms with Gasteiger partial charge in [-0.3, -0.25) is 4.90 Å². The highest BCUT2D eigenvalue weighted by molar-refractivity contribution is 7.99. The Morgan fingerprint density at radius 2 is 2.03 bits per heavy atom. The molecule has 3 rings (SSSR count). The van der Waals surface area contributed by atoms with Crippen molar-refractivity contribution in [2.24, 2.45) is 0 Å². The van der Waals surface area contributed by atoms with Crippen LogP contribution in [0.2, 0.25) is 0 Å². The molecule has 2 aromatic rings. The number of carbonyl (C=O) groups excluding carboxylic acids is 1. The van der Waals surface area contributed by atoms with Gasteiger partial charge in [-0.05, 0) is 30.5 Å². The van der Waals surface area contributed by atoms with Crippen molar-refractivity contribution in [1.29, 1.82) is 0 Å². The van der Waals surface area contributed by atoms with E-state index < -0.39 is 11.1 Å². The molecule has 0 saturated heterocycles. The first-order valence-electron chi connectivity index (χ1n) is 9.83. The van der Waals surface area contributed by atoms with E-state index in [1.807, 2.05) is 18.3 Å². The molecular formula is C20H24N4O6S. The third kappa shape index (κ3) is 7.07. The van der Waals surface area contributed by atoms with Gasteiger partial charge in [-0.1, -0.05) is 12.1 Å². The highest BCUT2D eigenvalue weighted by atomic mass is 32.2. The van der Waals surface area contributed by atoms with Gasteiger partial charge in [-0.25, -0.2) is 9.78 Å². The minimum atomic E-state index is -0.832. The fourth-order valence-corrected chi connectivity index (χ4v) is 4.00. The molecular weight excluding hydrogens is 424 g/mol. The second-order valence-corrected chi connectivity index (χ2v) is 7.96. The lowest BCUT2D eigenvalue weighted by Gasteiger charge is -2.19. The van der Waals surface area contributed by atoms with Crippen molar-refractivity contribution in [2.45, 2.75) is 30.8 Å². The fraction of sp³-hybridized carbons (Fsp3) is 0.450. The first kappa shape index (κ1) is 22.8. The van der Waals surface area contributed by atoms with Crippen LogP contribution in [0, 0.1) is 10.1 Å². The first-order valence-corrected chi connectivity index (χ1v) is 10.8. The molecule has 0 atom stereocenters. The second-order valence-electron chi connectivity index (χ2n) is 6.82. The van der Waals surface area contributed by atoms with Crippen molar-refractivity contribution in [2.75, 3.05) is 32.6 Å². The van der Waals surface area contributed by atoms with Crippen molar-refractivity contribution in [1.82, 2.24) is 14.9 Å². The molecule has 0 amide bonds. The number of esters is 1. The van der Waals surface area contributed by atoms with Gasteiger partial charge in [-0.15, -0.1) is 21.9 Å². The number of unbranched alkanes of at least 4 members (excludes halogenated alkanes) is 1. The van der Waals surface area contributed by atoms with E-state index in [-0.39, 0.29) is 13.2 Å². The lowest BCUT2D eigenvalue weighted by Crippen LogP contribution is -2.24. The van der Waals surface area contributed by atoms with Gasteiger partial charge in [0.25, 0.3) is 5.09 Å². The maximum atomic E-state index is 12.1. The summed E-state index contributed by atoms with van der Waals surface area (Å²) in [6.45, 7) is 2.53. The van der Waals surface area contributed by atoms with Gasteiger partial charge in [0.05, 0.1) is 31.6 Å². The molecule has 166 valence electrons. The predicted octanol–water partition coefficient (Wildman–Crippen LogP) is 2.74. The Labute approximate surface area is 184 Å². The van der Waals surface area contributed by atoms with Crippen LogP contribution in [0.4, 0.5) is 0 Å². The summed E-state index contributed by atoms with van der Waals surface area (Å²) in [5, 5.41) is 9.23. The number of carbonyl (C=O) groups is 1. The number of ether oxygens (including phenoxy) is 2. The van der Waals surface area contributed by atoms with Gasteiger partial charge in [0, 0.05) is 36.5 Å². The number of hydrogen-bond donors (Lipinski definition) is 0. The molecule has 0 saturated carbocycles. The maximum Gasteiger partial charge on any atom is 0.338 e. The molecule has 0 fully saturated rings. The Hall–Kier alpha value is -2.92. The number of nitrogens with zero attached hydrogens (tertiary/aromatic N) is 4. The van der Waals surface area contributed by atoms with Gasteiger partial charge in [0.15, 0.2) is 0 Å². The molecule has 1 aromatic heterocycles. The average Bonchev–Trinajstić information content (AvgIpc) is 2.97. The molecule has 1 aliphatic heterocycles. The normalized spacial score (nSPS) is 13.7. The second kappa shape index (κ2) is 11.5. The number of thioether (sulfide) groups is 1.